The Hall–Kier alpha value is -1.13. The van der Waals surface area contributed by atoms with Crippen LogP contribution in [-0.2, 0) is 14.6 Å². The van der Waals surface area contributed by atoms with E-state index in [1.54, 1.807) is 4.90 Å². The highest BCUT2D eigenvalue weighted by atomic mass is 32.2. The zero-order valence-corrected chi connectivity index (χ0v) is 12.6. The summed E-state index contributed by atoms with van der Waals surface area (Å²) in [6.07, 6.45) is 1.93. The number of nitriles is 1. The molecule has 2 aliphatic heterocycles. The van der Waals surface area contributed by atoms with Crippen molar-refractivity contribution in [2.75, 3.05) is 31.9 Å². The zero-order chi connectivity index (χ0) is 14.8. The van der Waals surface area contributed by atoms with Crippen LogP contribution in [0.25, 0.3) is 0 Å². The lowest BCUT2D eigenvalue weighted by Gasteiger charge is -2.37. The summed E-state index contributed by atoms with van der Waals surface area (Å²) in [6.45, 7) is 4.12. The van der Waals surface area contributed by atoms with Gasteiger partial charge in [0.15, 0.2) is 9.84 Å². The first kappa shape index (κ1) is 15.3. The molecule has 0 spiro atoms. The van der Waals surface area contributed by atoms with Crippen LogP contribution in [0.3, 0.4) is 0 Å². The van der Waals surface area contributed by atoms with E-state index in [1.807, 2.05) is 11.8 Å². The minimum Gasteiger partial charge on any atom is -0.339 e. The van der Waals surface area contributed by atoms with E-state index in [-0.39, 0.29) is 17.7 Å². The van der Waals surface area contributed by atoms with Crippen LogP contribution >= 0.6 is 0 Å². The second-order valence-electron chi connectivity index (χ2n) is 5.52. The number of hydrogen-bond donors (Lipinski definition) is 0. The fraction of sp³-hybridized carbons (Fsp3) is 0.846. The van der Waals surface area contributed by atoms with Gasteiger partial charge in [0.25, 0.3) is 0 Å². The maximum atomic E-state index is 12.4. The normalized spacial score (nSPS) is 28.6. The molecule has 112 valence electrons. The molecule has 2 atom stereocenters. The fourth-order valence-electron chi connectivity index (χ4n) is 2.85. The Morgan fingerprint density at radius 3 is 2.45 bits per heavy atom. The molecule has 0 saturated carbocycles. The van der Waals surface area contributed by atoms with E-state index in [1.165, 1.54) is 0 Å². The molecule has 2 aliphatic rings. The maximum absolute atomic E-state index is 12.4. The molecule has 2 rings (SSSR count). The van der Waals surface area contributed by atoms with Gasteiger partial charge < -0.3 is 4.90 Å². The van der Waals surface area contributed by atoms with Gasteiger partial charge in [-0.15, -0.1) is 0 Å². The maximum Gasteiger partial charge on any atom is 0.240 e. The van der Waals surface area contributed by atoms with Crippen LogP contribution < -0.4 is 0 Å². The van der Waals surface area contributed by atoms with Crippen LogP contribution in [0.1, 0.15) is 26.2 Å². The Labute approximate surface area is 120 Å². The predicted octanol–water partition coefficient (Wildman–Crippen LogP) is 0.00998. The standard InChI is InChI=1S/C13H21N3O3S/c1-11(10-14)15-5-7-16(8-6-15)13(17)12-4-2-3-9-20(12,18)19/h11-12H,2-9H2,1H3. The molecule has 2 fully saturated rings. The highest BCUT2D eigenvalue weighted by Gasteiger charge is 2.38. The molecule has 0 N–H and O–H groups in total. The van der Waals surface area contributed by atoms with Crippen LogP contribution in [-0.4, -0.2) is 67.3 Å². The Balaban J connectivity index is 1.97. The van der Waals surface area contributed by atoms with E-state index >= 15 is 0 Å². The third kappa shape index (κ3) is 3.13. The minimum absolute atomic E-state index is 0.134. The molecule has 0 bridgehead atoms. The number of nitrogens with zero attached hydrogens (tertiary/aromatic N) is 3. The molecule has 20 heavy (non-hydrogen) atoms. The summed E-state index contributed by atoms with van der Waals surface area (Å²) < 4.78 is 24.0. The fourth-order valence-corrected chi connectivity index (χ4v) is 4.72. The second-order valence-corrected chi connectivity index (χ2v) is 7.82. The van der Waals surface area contributed by atoms with Crippen LogP contribution in [0.5, 0.6) is 0 Å². The number of amides is 1. The van der Waals surface area contributed by atoms with Crippen LogP contribution in [0, 0.1) is 11.3 Å². The van der Waals surface area contributed by atoms with E-state index in [0.29, 0.717) is 39.0 Å². The largest absolute Gasteiger partial charge is 0.339 e. The van der Waals surface area contributed by atoms with Crippen molar-refractivity contribution < 1.29 is 13.2 Å². The molecule has 0 aromatic carbocycles. The molecule has 2 unspecified atom stereocenters. The van der Waals surface area contributed by atoms with E-state index in [4.69, 9.17) is 5.26 Å². The first-order chi connectivity index (χ1) is 9.45. The lowest BCUT2D eigenvalue weighted by atomic mass is 10.1. The predicted molar refractivity (Wildman–Crippen MR) is 74.7 cm³/mol. The second kappa shape index (κ2) is 6.10. The number of carbonyl (C=O) groups is 1. The molecule has 6 nitrogen and oxygen atoms in total. The minimum atomic E-state index is -3.26. The summed E-state index contributed by atoms with van der Waals surface area (Å²) in [5.41, 5.74) is 0. The first-order valence-electron chi connectivity index (χ1n) is 7.10. The van der Waals surface area contributed by atoms with Gasteiger partial charge in [0, 0.05) is 26.2 Å². The van der Waals surface area contributed by atoms with Crippen LogP contribution in [0.2, 0.25) is 0 Å². The average molecular weight is 299 g/mol. The number of piperazine rings is 1. The molecule has 0 aromatic heterocycles. The first-order valence-corrected chi connectivity index (χ1v) is 8.81. The van der Waals surface area contributed by atoms with Gasteiger partial charge in [0.1, 0.15) is 5.25 Å². The van der Waals surface area contributed by atoms with Gasteiger partial charge in [-0.25, -0.2) is 8.42 Å². The Morgan fingerprint density at radius 2 is 1.90 bits per heavy atom. The van der Waals surface area contributed by atoms with Gasteiger partial charge in [-0.3, -0.25) is 9.69 Å². The summed E-state index contributed by atoms with van der Waals surface area (Å²) >= 11 is 0. The summed E-state index contributed by atoms with van der Waals surface area (Å²) in [6, 6.07) is 2.02. The molecule has 7 heteroatoms. The molecule has 0 aliphatic carbocycles. The Bertz CT molecular complexity index is 503. The van der Waals surface area contributed by atoms with Crippen molar-refractivity contribution in [2.24, 2.45) is 0 Å². The molecule has 2 saturated heterocycles. The number of rotatable bonds is 2. The van der Waals surface area contributed by atoms with Crippen molar-refractivity contribution >= 4 is 15.7 Å². The molecule has 0 aromatic rings. The van der Waals surface area contributed by atoms with Gasteiger partial charge in [0.05, 0.1) is 17.9 Å². The zero-order valence-electron chi connectivity index (χ0n) is 11.8. The van der Waals surface area contributed by atoms with Gasteiger partial charge in [-0.2, -0.15) is 5.26 Å². The van der Waals surface area contributed by atoms with Crippen molar-refractivity contribution in [3.05, 3.63) is 0 Å². The number of carbonyl (C=O) groups excluding carboxylic acids is 1. The van der Waals surface area contributed by atoms with Gasteiger partial charge >= 0.3 is 0 Å². The van der Waals surface area contributed by atoms with Crippen molar-refractivity contribution in [3.63, 3.8) is 0 Å². The lowest BCUT2D eigenvalue weighted by Crippen LogP contribution is -2.54. The number of sulfone groups is 1. The summed E-state index contributed by atoms with van der Waals surface area (Å²) in [5.74, 6) is -0.108. The van der Waals surface area contributed by atoms with Gasteiger partial charge in [-0.1, -0.05) is 6.42 Å². The monoisotopic (exact) mass is 299 g/mol. The Morgan fingerprint density at radius 1 is 1.25 bits per heavy atom. The van der Waals surface area contributed by atoms with Crippen molar-refractivity contribution in [2.45, 2.75) is 37.5 Å². The number of hydrogen-bond acceptors (Lipinski definition) is 5. The van der Waals surface area contributed by atoms with Crippen LogP contribution in [0.4, 0.5) is 0 Å². The van der Waals surface area contributed by atoms with Crippen molar-refractivity contribution in [3.8, 4) is 6.07 Å². The van der Waals surface area contributed by atoms with Crippen molar-refractivity contribution in [1.29, 1.82) is 5.26 Å². The van der Waals surface area contributed by atoms with E-state index in [0.717, 1.165) is 6.42 Å². The van der Waals surface area contributed by atoms with Crippen LogP contribution in [0.15, 0.2) is 0 Å². The molecule has 2 heterocycles. The van der Waals surface area contributed by atoms with E-state index in [2.05, 4.69) is 6.07 Å². The average Bonchev–Trinajstić information content (AvgIpc) is 2.45. The van der Waals surface area contributed by atoms with Gasteiger partial charge in [0.2, 0.25) is 5.91 Å². The lowest BCUT2D eigenvalue weighted by molar-refractivity contribution is -0.132. The third-order valence-electron chi connectivity index (χ3n) is 4.21. The molecular weight excluding hydrogens is 278 g/mol. The quantitative estimate of drug-likeness (QED) is 0.717. The topological polar surface area (TPSA) is 81.5 Å². The SMILES string of the molecule is CC(C#N)N1CCN(C(=O)C2CCCCS2(=O)=O)CC1. The Kier molecular flexibility index (Phi) is 4.66. The smallest absolute Gasteiger partial charge is 0.240 e. The van der Waals surface area contributed by atoms with Gasteiger partial charge in [-0.05, 0) is 19.8 Å². The highest BCUT2D eigenvalue weighted by Crippen LogP contribution is 2.22. The molecular formula is C13H21N3O3S. The summed E-state index contributed by atoms with van der Waals surface area (Å²) in [4.78, 5) is 16.0. The third-order valence-corrected chi connectivity index (χ3v) is 6.38. The van der Waals surface area contributed by atoms with E-state index in [9.17, 15) is 13.2 Å². The summed E-state index contributed by atoms with van der Waals surface area (Å²) in [5, 5.41) is 8.05. The molecule has 0 radical (unpaired) electrons. The van der Waals surface area contributed by atoms with Crippen molar-refractivity contribution in [1.82, 2.24) is 9.80 Å². The molecule has 1 amide bonds. The summed E-state index contributed by atoms with van der Waals surface area (Å²) in [7, 11) is -3.26. The van der Waals surface area contributed by atoms with E-state index < -0.39 is 15.1 Å². The highest BCUT2D eigenvalue weighted by molar-refractivity contribution is 7.92.